The minimum atomic E-state index is -0.274. The first kappa shape index (κ1) is 19.4. The van der Waals surface area contributed by atoms with E-state index in [1.165, 1.54) is 0 Å². The van der Waals surface area contributed by atoms with E-state index in [1.807, 2.05) is 6.92 Å². The number of rotatable bonds is 6. The highest BCUT2D eigenvalue weighted by molar-refractivity contribution is 6.36. The second kappa shape index (κ2) is 8.57. The molecule has 1 saturated carbocycles. The third-order valence-corrected chi connectivity index (χ3v) is 5.38. The van der Waals surface area contributed by atoms with Gasteiger partial charge in [-0.1, -0.05) is 23.2 Å². The molecule has 1 aromatic rings. The Morgan fingerprint density at radius 1 is 1.19 bits per heavy atom. The van der Waals surface area contributed by atoms with Gasteiger partial charge in [-0.25, -0.2) is 0 Å². The zero-order valence-corrected chi connectivity index (χ0v) is 16.3. The Morgan fingerprint density at radius 3 is 2.50 bits per heavy atom. The number of piperazine rings is 1. The van der Waals surface area contributed by atoms with Crippen LogP contribution < -0.4 is 10.6 Å². The molecule has 2 aliphatic rings. The van der Waals surface area contributed by atoms with Gasteiger partial charge in [-0.15, -0.1) is 0 Å². The number of anilines is 1. The SMILES string of the molecule is C[C@@H](C(=O)Nc1ccc(Cl)cc1Cl)N1CCN(CC(=O)NC2CC2)CC1. The largest absolute Gasteiger partial charge is 0.352 e. The molecule has 1 aliphatic heterocycles. The highest BCUT2D eigenvalue weighted by Crippen LogP contribution is 2.25. The van der Waals surface area contributed by atoms with E-state index in [-0.39, 0.29) is 17.9 Å². The zero-order valence-electron chi connectivity index (χ0n) is 14.8. The fourth-order valence-corrected chi connectivity index (χ4v) is 3.46. The van der Waals surface area contributed by atoms with Gasteiger partial charge in [-0.05, 0) is 38.0 Å². The summed E-state index contributed by atoms with van der Waals surface area (Å²) in [7, 11) is 0. The molecule has 1 atom stereocenters. The van der Waals surface area contributed by atoms with E-state index in [1.54, 1.807) is 18.2 Å². The van der Waals surface area contributed by atoms with Gasteiger partial charge in [-0.2, -0.15) is 0 Å². The van der Waals surface area contributed by atoms with Crippen molar-refractivity contribution in [1.82, 2.24) is 15.1 Å². The molecule has 0 aromatic heterocycles. The molecule has 26 heavy (non-hydrogen) atoms. The molecule has 2 fully saturated rings. The molecule has 1 aromatic carbocycles. The van der Waals surface area contributed by atoms with Gasteiger partial charge < -0.3 is 10.6 Å². The van der Waals surface area contributed by atoms with E-state index < -0.39 is 0 Å². The Morgan fingerprint density at radius 2 is 1.88 bits per heavy atom. The summed E-state index contributed by atoms with van der Waals surface area (Å²) in [5.41, 5.74) is 0.559. The van der Waals surface area contributed by atoms with Crippen LogP contribution in [0.15, 0.2) is 18.2 Å². The summed E-state index contributed by atoms with van der Waals surface area (Å²) in [5.74, 6) is -0.00160. The van der Waals surface area contributed by atoms with E-state index in [2.05, 4.69) is 20.4 Å². The van der Waals surface area contributed by atoms with Crippen LogP contribution in [0.4, 0.5) is 5.69 Å². The molecule has 2 N–H and O–H groups in total. The Hall–Kier alpha value is -1.34. The number of halogens is 2. The molecular weight excluding hydrogens is 375 g/mol. The average Bonchev–Trinajstić information content (AvgIpc) is 3.41. The lowest BCUT2D eigenvalue weighted by Crippen LogP contribution is -2.54. The molecular formula is C18H24Cl2N4O2. The minimum Gasteiger partial charge on any atom is -0.352 e. The fraction of sp³-hybridized carbons (Fsp3) is 0.556. The number of benzene rings is 1. The molecule has 8 heteroatoms. The quantitative estimate of drug-likeness (QED) is 0.770. The molecule has 3 rings (SSSR count). The van der Waals surface area contributed by atoms with E-state index in [0.29, 0.717) is 28.3 Å². The standard InChI is InChI=1S/C18H24Cl2N4O2/c1-12(18(26)22-16-5-2-13(19)10-15(16)20)24-8-6-23(7-9-24)11-17(25)21-14-3-4-14/h2,5,10,12,14H,3-4,6-9,11H2,1H3,(H,21,25)(H,22,26)/t12-/m0/s1. The van der Waals surface area contributed by atoms with Gasteiger partial charge >= 0.3 is 0 Å². The second-order valence-corrected chi connectivity index (χ2v) is 7.79. The van der Waals surface area contributed by atoms with Gasteiger partial charge in [0.2, 0.25) is 11.8 Å². The van der Waals surface area contributed by atoms with Gasteiger partial charge in [-0.3, -0.25) is 19.4 Å². The third-order valence-electron chi connectivity index (χ3n) is 4.83. The lowest BCUT2D eigenvalue weighted by molar-refractivity contribution is -0.124. The highest BCUT2D eigenvalue weighted by Gasteiger charge is 2.28. The Bertz CT molecular complexity index is 673. The lowest BCUT2D eigenvalue weighted by Gasteiger charge is -2.37. The van der Waals surface area contributed by atoms with Crippen molar-refractivity contribution in [2.75, 3.05) is 38.0 Å². The fourth-order valence-electron chi connectivity index (χ4n) is 3.01. The van der Waals surface area contributed by atoms with Crippen LogP contribution in [0.1, 0.15) is 19.8 Å². The van der Waals surface area contributed by atoms with Crippen molar-refractivity contribution < 1.29 is 9.59 Å². The molecule has 6 nitrogen and oxygen atoms in total. The number of amides is 2. The molecule has 0 bridgehead atoms. The Balaban J connectivity index is 1.45. The monoisotopic (exact) mass is 398 g/mol. The molecule has 1 saturated heterocycles. The van der Waals surface area contributed by atoms with Gasteiger partial charge in [0.15, 0.2) is 0 Å². The predicted molar refractivity (Wildman–Crippen MR) is 104 cm³/mol. The Kier molecular flexibility index (Phi) is 6.40. The molecule has 0 radical (unpaired) electrons. The summed E-state index contributed by atoms with van der Waals surface area (Å²) in [6.45, 7) is 5.37. The minimum absolute atomic E-state index is 0.101. The maximum Gasteiger partial charge on any atom is 0.241 e. The summed E-state index contributed by atoms with van der Waals surface area (Å²) in [6.07, 6.45) is 2.20. The highest BCUT2D eigenvalue weighted by atomic mass is 35.5. The summed E-state index contributed by atoms with van der Waals surface area (Å²) in [4.78, 5) is 28.7. The number of nitrogens with one attached hydrogen (secondary N) is 2. The number of carbonyl (C=O) groups is 2. The first-order valence-corrected chi connectivity index (χ1v) is 9.69. The first-order chi connectivity index (χ1) is 12.4. The van der Waals surface area contributed by atoms with Gasteiger partial charge in [0.1, 0.15) is 0 Å². The Labute approximate surface area is 163 Å². The van der Waals surface area contributed by atoms with Gasteiger partial charge in [0, 0.05) is 37.2 Å². The van der Waals surface area contributed by atoms with Crippen molar-refractivity contribution in [1.29, 1.82) is 0 Å². The van der Waals surface area contributed by atoms with Crippen molar-refractivity contribution in [3.63, 3.8) is 0 Å². The molecule has 0 spiro atoms. The smallest absolute Gasteiger partial charge is 0.241 e. The van der Waals surface area contributed by atoms with Crippen LogP contribution in [0.5, 0.6) is 0 Å². The van der Waals surface area contributed by atoms with Crippen molar-refractivity contribution in [2.45, 2.75) is 31.8 Å². The van der Waals surface area contributed by atoms with Crippen LogP contribution in [-0.2, 0) is 9.59 Å². The van der Waals surface area contributed by atoms with Crippen LogP contribution in [0.25, 0.3) is 0 Å². The van der Waals surface area contributed by atoms with E-state index in [0.717, 1.165) is 39.0 Å². The molecule has 142 valence electrons. The maximum absolute atomic E-state index is 12.5. The second-order valence-electron chi connectivity index (χ2n) is 6.94. The van der Waals surface area contributed by atoms with Gasteiger partial charge in [0.25, 0.3) is 0 Å². The predicted octanol–water partition coefficient (Wildman–Crippen LogP) is 2.22. The molecule has 1 heterocycles. The van der Waals surface area contributed by atoms with Crippen molar-refractivity contribution in [3.8, 4) is 0 Å². The molecule has 1 aliphatic carbocycles. The number of hydrogen-bond donors (Lipinski definition) is 2. The number of hydrogen-bond acceptors (Lipinski definition) is 4. The van der Waals surface area contributed by atoms with Crippen LogP contribution in [0, 0.1) is 0 Å². The van der Waals surface area contributed by atoms with Crippen molar-refractivity contribution in [3.05, 3.63) is 28.2 Å². The van der Waals surface area contributed by atoms with Crippen LogP contribution in [0.2, 0.25) is 10.0 Å². The third kappa shape index (κ3) is 5.33. The van der Waals surface area contributed by atoms with Crippen molar-refractivity contribution >= 4 is 40.7 Å². The topological polar surface area (TPSA) is 64.7 Å². The maximum atomic E-state index is 12.5. The van der Waals surface area contributed by atoms with Crippen LogP contribution >= 0.6 is 23.2 Å². The number of carbonyl (C=O) groups excluding carboxylic acids is 2. The summed E-state index contributed by atoms with van der Waals surface area (Å²) in [5, 5.41) is 6.82. The zero-order chi connectivity index (χ0) is 18.7. The molecule has 0 unspecified atom stereocenters. The van der Waals surface area contributed by atoms with Crippen molar-refractivity contribution in [2.24, 2.45) is 0 Å². The van der Waals surface area contributed by atoms with Crippen LogP contribution in [-0.4, -0.2) is 66.4 Å². The van der Waals surface area contributed by atoms with Crippen LogP contribution in [0.3, 0.4) is 0 Å². The summed E-state index contributed by atoms with van der Waals surface area (Å²) < 4.78 is 0. The van der Waals surface area contributed by atoms with Gasteiger partial charge in [0.05, 0.1) is 23.3 Å². The van der Waals surface area contributed by atoms with E-state index in [4.69, 9.17) is 23.2 Å². The summed E-state index contributed by atoms with van der Waals surface area (Å²) >= 11 is 12.0. The molecule has 2 amide bonds. The summed E-state index contributed by atoms with van der Waals surface area (Å²) in [6, 6.07) is 5.12. The normalized spacial score (nSPS) is 19.8. The average molecular weight is 399 g/mol. The first-order valence-electron chi connectivity index (χ1n) is 8.94. The lowest BCUT2D eigenvalue weighted by atomic mass is 10.2. The van der Waals surface area contributed by atoms with E-state index >= 15 is 0 Å². The van der Waals surface area contributed by atoms with E-state index in [9.17, 15) is 9.59 Å². The number of nitrogens with zero attached hydrogens (tertiary/aromatic N) is 2.